The molecule has 0 aliphatic carbocycles. The molecular weight excluding hydrogens is 508 g/mol. The Hall–Kier alpha value is -3.29. The summed E-state index contributed by atoms with van der Waals surface area (Å²) < 4.78 is 18.0. The Morgan fingerprint density at radius 2 is 1.94 bits per heavy atom. The van der Waals surface area contributed by atoms with Crippen LogP contribution >= 0.6 is 27.5 Å². The number of nitrogens with zero attached hydrogens (tertiary/aromatic N) is 1. The molecule has 1 amide bonds. The van der Waals surface area contributed by atoms with Gasteiger partial charge in [0.25, 0.3) is 0 Å². The monoisotopic (exact) mass is 526 g/mol. The van der Waals surface area contributed by atoms with Crippen molar-refractivity contribution in [1.82, 2.24) is 5.43 Å². The summed E-state index contributed by atoms with van der Waals surface area (Å²) in [5, 5.41) is 5.36. The minimum Gasteiger partial charge on any atom is -0.490 e. The number of carbonyl (C=O) groups is 1. The molecule has 0 bridgehead atoms. The van der Waals surface area contributed by atoms with Gasteiger partial charge in [-0.2, -0.15) is 5.10 Å². The van der Waals surface area contributed by atoms with E-state index in [0.717, 1.165) is 10.9 Å². The van der Waals surface area contributed by atoms with Crippen LogP contribution in [-0.4, -0.2) is 18.7 Å². The predicted octanol–water partition coefficient (Wildman–Crippen LogP) is 6.59. The third-order valence-electron chi connectivity index (χ3n) is 4.64. The van der Waals surface area contributed by atoms with Crippen molar-refractivity contribution in [3.8, 4) is 11.5 Å². The first-order valence-corrected chi connectivity index (χ1v) is 11.4. The SMILES string of the molecule is CCOc1cc(/C=N/NC(=O)c2cc3cc(Cl)ccc3o2)cc(Br)c1OCc1ccccc1. The van der Waals surface area contributed by atoms with Gasteiger partial charge in [-0.3, -0.25) is 4.79 Å². The van der Waals surface area contributed by atoms with Gasteiger partial charge in [0, 0.05) is 10.4 Å². The molecule has 0 radical (unpaired) electrons. The lowest BCUT2D eigenvalue weighted by atomic mass is 10.2. The number of fused-ring (bicyclic) bond motifs is 1. The predicted molar refractivity (Wildman–Crippen MR) is 132 cm³/mol. The molecule has 1 heterocycles. The summed E-state index contributed by atoms with van der Waals surface area (Å²) in [5.41, 5.74) is 4.81. The third kappa shape index (κ3) is 5.74. The zero-order valence-electron chi connectivity index (χ0n) is 17.7. The van der Waals surface area contributed by atoms with Crippen LogP contribution in [0.4, 0.5) is 0 Å². The topological polar surface area (TPSA) is 73.1 Å². The second-order valence-corrected chi connectivity index (χ2v) is 8.32. The van der Waals surface area contributed by atoms with Gasteiger partial charge in [0.15, 0.2) is 17.3 Å². The lowest BCUT2D eigenvalue weighted by Gasteiger charge is -2.14. The average Bonchev–Trinajstić information content (AvgIpc) is 3.23. The van der Waals surface area contributed by atoms with Crippen LogP contribution in [0.5, 0.6) is 11.5 Å². The van der Waals surface area contributed by atoms with E-state index in [-0.39, 0.29) is 5.76 Å². The fraction of sp³-hybridized carbons (Fsp3) is 0.120. The normalized spacial score (nSPS) is 11.1. The number of benzene rings is 3. The van der Waals surface area contributed by atoms with Crippen LogP contribution in [0.15, 0.2) is 80.7 Å². The van der Waals surface area contributed by atoms with Gasteiger partial charge in [-0.05, 0) is 70.4 Å². The van der Waals surface area contributed by atoms with Gasteiger partial charge >= 0.3 is 5.91 Å². The number of halogens is 2. The minimum absolute atomic E-state index is 0.144. The molecule has 0 spiro atoms. The van der Waals surface area contributed by atoms with Gasteiger partial charge < -0.3 is 13.9 Å². The van der Waals surface area contributed by atoms with E-state index in [0.29, 0.717) is 45.4 Å². The fourth-order valence-electron chi connectivity index (χ4n) is 3.14. The first kappa shape index (κ1) is 22.9. The highest BCUT2D eigenvalue weighted by Gasteiger charge is 2.14. The van der Waals surface area contributed by atoms with Crippen molar-refractivity contribution in [3.05, 3.63) is 93.1 Å². The van der Waals surface area contributed by atoms with Crippen LogP contribution in [0.1, 0.15) is 28.6 Å². The highest BCUT2D eigenvalue weighted by Crippen LogP contribution is 2.37. The fourth-order valence-corrected chi connectivity index (χ4v) is 3.90. The van der Waals surface area contributed by atoms with E-state index in [2.05, 4.69) is 26.5 Å². The number of furan rings is 1. The average molecular weight is 528 g/mol. The summed E-state index contributed by atoms with van der Waals surface area (Å²) in [7, 11) is 0. The Balaban J connectivity index is 1.46. The van der Waals surface area contributed by atoms with E-state index in [1.54, 1.807) is 30.3 Å². The molecule has 0 saturated heterocycles. The van der Waals surface area contributed by atoms with E-state index >= 15 is 0 Å². The van der Waals surface area contributed by atoms with Gasteiger partial charge in [0.1, 0.15) is 12.2 Å². The van der Waals surface area contributed by atoms with Crippen LogP contribution in [0, 0.1) is 0 Å². The number of carbonyl (C=O) groups excluding carboxylic acids is 1. The summed E-state index contributed by atoms with van der Waals surface area (Å²) in [6, 6.07) is 20.3. The maximum absolute atomic E-state index is 12.4. The molecule has 168 valence electrons. The van der Waals surface area contributed by atoms with E-state index in [9.17, 15) is 4.79 Å². The van der Waals surface area contributed by atoms with Crippen molar-refractivity contribution in [2.24, 2.45) is 5.10 Å². The molecular formula is C25H20BrClN2O4. The molecule has 6 nitrogen and oxygen atoms in total. The van der Waals surface area contributed by atoms with Crippen molar-refractivity contribution >= 4 is 50.6 Å². The van der Waals surface area contributed by atoms with Crippen LogP contribution < -0.4 is 14.9 Å². The Morgan fingerprint density at radius 1 is 1.12 bits per heavy atom. The largest absolute Gasteiger partial charge is 0.490 e. The van der Waals surface area contributed by atoms with Crippen molar-refractivity contribution in [2.45, 2.75) is 13.5 Å². The molecule has 8 heteroatoms. The molecule has 0 saturated carbocycles. The molecule has 0 atom stereocenters. The maximum Gasteiger partial charge on any atom is 0.307 e. The van der Waals surface area contributed by atoms with Gasteiger partial charge in [-0.1, -0.05) is 41.9 Å². The zero-order valence-corrected chi connectivity index (χ0v) is 20.0. The zero-order chi connectivity index (χ0) is 23.2. The Morgan fingerprint density at radius 3 is 2.73 bits per heavy atom. The molecule has 0 aliphatic heterocycles. The number of rotatable bonds is 8. The molecule has 1 aromatic heterocycles. The first-order valence-electron chi connectivity index (χ1n) is 10.2. The smallest absolute Gasteiger partial charge is 0.307 e. The van der Waals surface area contributed by atoms with E-state index in [1.165, 1.54) is 6.21 Å². The molecule has 0 unspecified atom stereocenters. The molecule has 1 N–H and O–H groups in total. The van der Waals surface area contributed by atoms with Crippen LogP contribution in [-0.2, 0) is 6.61 Å². The summed E-state index contributed by atoms with van der Waals surface area (Å²) >= 11 is 9.52. The molecule has 33 heavy (non-hydrogen) atoms. The van der Waals surface area contributed by atoms with Crippen molar-refractivity contribution < 1.29 is 18.7 Å². The lowest BCUT2D eigenvalue weighted by molar-refractivity contribution is 0.0929. The second-order valence-electron chi connectivity index (χ2n) is 7.03. The summed E-state index contributed by atoms with van der Waals surface area (Å²) in [5.74, 6) is 0.850. The highest BCUT2D eigenvalue weighted by molar-refractivity contribution is 9.10. The quantitative estimate of drug-likeness (QED) is 0.207. The summed E-state index contributed by atoms with van der Waals surface area (Å²) in [4.78, 5) is 12.4. The Labute approximate surface area is 204 Å². The van der Waals surface area contributed by atoms with Crippen molar-refractivity contribution in [1.29, 1.82) is 0 Å². The number of hydrogen-bond acceptors (Lipinski definition) is 5. The number of amides is 1. The lowest BCUT2D eigenvalue weighted by Crippen LogP contribution is -2.16. The number of hydrazone groups is 1. The Bertz CT molecular complexity index is 1300. The maximum atomic E-state index is 12.4. The third-order valence-corrected chi connectivity index (χ3v) is 5.46. The van der Waals surface area contributed by atoms with Crippen molar-refractivity contribution in [3.63, 3.8) is 0 Å². The second kappa shape index (κ2) is 10.6. The highest BCUT2D eigenvalue weighted by atomic mass is 79.9. The first-order chi connectivity index (χ1) is 16.0. The van der Waals surface area contributed by atoms with E-state index < -0.39 is 5.91 Å². The van der Waals surface area contributed by atoms with Gasteiger partial charge in [-0.15, -0.1) is 0 Å². The van der Waals surface area contributed by atoms with Gasteiger partial charge in [0.05, 0.1) is 17.3 Å². The van der Waals surface area contributed by atoms with E-state index in [4.69, 9.17) is 25.5 Å². The Kier molecular flexibility index (Phi) is 7.32. The standard InChI is InChI=1S/C25H20BrClN2O4/c1-2-31-22-11-17(10-20(26)24(22)32-15-16-6-4-3-5-7-16)14-28-29-25(30)23-13-18-12-19(27)8-9-21(18)33-23/h3-14H,2,15H2,1H3,(H,29,30)/b28-14+. The van der Waals surface area contributed by atoms with E-state index in [1.807, 2.05) is 43.3 Å². The molecule has 4 aromatic rings. The van der Waals surface area contributed by atoms with Gasteiger partial charge in [0.2, 0.25) is 0 Å². The van der Waals surface area contributed by atoms with Crippen molar-refractivity contribution in [2.75, 3.05) is 6.61 Å². The molecule has 0 aliphatic rings. The minimum atomic E-state index is -0.467. The molecule has 3 aromatic carbocycles. The van der Waals surface area contributed by atoms with Crippen LogP contribution in [0.3, 0.4) is 0 Å². The number of hydrogen-bond donors (Lipinski definition) is 1. The van der Waals surface area contributed by atoms with Gasteiger partial charge in [-0.25, -0.2) is 5.43 Å². The number of ether oxygens (including phenoxy) is 2. The molecule has 4 rings (SSSR count). The summed E-state index contributed by atoms with van der Waals surface area (Å²) in [6.07, 6.45) is 1.52. The molecule has 0 fully saturated rings. The van der Waals surface area contributed by atoms with Crippen LogP contribution in [0.25, 0.3) is 11.0 Å². The number of nitrogens with one attached hydrogen (secondary N) is 1. The van der Waals surface area contributed by atoms with Crippen LogP contribution in [0.2, 0.25) is 5.02 Å². The summed E-state index contributed by atoms with van der Waals surface area (Å²) in [6.45, 7) is 2.78.